The van der Waals surface area contributed by atoms with E-state index in [0.717, 1.165) is 12.8 Å². The van der Waals surface area contributed by atoms with Gasteiger partial charge in [-0.05, 0) is 37.5 Å². The van der Waals surface area contributed by atoms with Gasteiger partial charge in [-0.3, -0.25) is 24.2 Å². The maximum atomic E-state index is 13.1. The Morgan fingerprint density at radius 3 is 2.45 bits per heavy atom. The Balaban J connectivity index is 1.00. The van der Waals surface area contributed by atoms with Gasteiger partial charge in [-0.25, -0.2) is 0 Å². The summed E-state index contributed by atoms with van der Waals surface area (Å²) >= 11 is 0. The van der Waals surface area contributed by atoms with Crippen LogP contribution in [0.1, 0.15) is 57.0 Å². The fraction of sp³-hybridized carbons (Fsp3) is 0.424. The number of aliphatic imine (C=N–C) groups is 1. The van der Waals surface area contributed by atoms with Gasteiger partial charge in [-0.1, -0.05) is 0 Å². The number of aromatic nitrogens is 2. The lowest BCUT2D eigenvalue weighted by atomic mass is 10.1. The van der Waals surface area contributed by atoms with Gasteiger partial charge in [0.25, 0.3) is 17.7 Å². The number of fused-ring (bicyclic) bond motifs is 2. The summed E-state index contributed by atoms with van der Waals surface area (Å²) in [5.74, 6) is 0.0962. The Labute approximate surface area is 272 Å². The topological polar surface area (TPSA) is 149 Å². The highest BCUT2D eigenvalue weighted by Gasteiger charge is 2.32. The van der Waals surface area contributed by atoms with E-state index >= 15 is 0 Å². The number of benzene rings is 1. The summed E-state index contributed by atoms with van der Waals surface area (Å²) in [6, 6.07) is 6.63. The van der Waals surface area contributed by atoms with E-state index in [1.807, 2.05) is 11.1 Å². The number of aryl methyl sites for hydroxylation is 2. The Morgan fingerprint density at radius 1 is 0.957 bits per heavy atom. The predicted octanol–water partition coefficient (Wildman–Crippen LogP) is 3.22. The average molecular weight is 646 g/mol. The number of carbonyl (C=O) groups excluding carboxylic acids is 4. The number of carbonyl (C=O) groups is 4. The Kier molecular flexibility index (Phi) is 9.29. The molecule has 3 aliphatic rings. The molecule has 2 aromatic heterocycles. The number of nitrogens with one attached hydrogen (secondary N) is 2. The summed E-state index contributed by atoms with van der Waals surface area (Å²) in [7, 11) is 4.99. The van der Waals surface area contributed by atoms with Gasteiger partial charge in [0.1, 0.15) is 11.4 Å². The van der Waals surface area contributed by atoms with Gasteiger partial charge in [-0.15, -0.1) is 0 Å². The second-order valence-corrected chi connectivity index (χ2v) is 11.8. The van der Waals surface area contributed by atoms with Crippen LogP contribution in [0.15, 0.2) is 41.7 Å². The van der Waals surface area contributed by atoms with Crippen LogP contribution in [0.5, 0.6) is 11.5 Å². The lowest BCUT2D eigenvalue weighted by Gasteiger charge is -2.26. The summed E-state index contributed by atoms with van der Waals surface area (Å²) in [5.41, 5.74) is 2.80. The maximum absolute atomic E-state index is 13.1. The molecule has 4 amide bonds. The van der Waals surface area contributed by atoms with Crippen LogP contribution in [0.2, 0.25) is 0 Å². The molecule has 0 radical (unpaired) electrons. The molecule has 2 N–H and O–H groups in total. The zero-order valence-corrected chi connectivity index (χ0v) is 26.8. The maximum Gasteiger partial charge on any atom is 0.272 e. The molecule has 5 heterocycles. The van der Waals surface area contributed by atoms with E-state index in [1.54, 1.807) is 64.8 Å². The summed E-state index contributed by atoms with van der Waals surface area (Å²) in [4.78, 5) is 59.9. The molecule has 14 nitrogen and oxygen atoms in total. The highest BCUT2D eigenvalue weighted by molar-refractivity contribution is 6.06. The Bertz CT molecular complexity index is 1720. The molecule has 2 saturated heterocycles. The zero-order chi connectivity index (χ0) is 33.1. The van der Waals surface area contributed by atoms with E-state index in [2.05, 4.69) is 15.6 Å². The summed E-state index contributed by atoms with van der Waals surface area (Å²) in [6.07, 6.45) is 7.63. The molecule has 0 unspecified atom stereocenters. The lowest BCUT2D eigenvalue weighted by molar-refractivity contribution is -0.116. The van der Waals surface area contributed by atoms with Crippen molar-refractivity contribution < 1.29 is 33.4 Å². The molecular formula is C33H39N7O7. The van der Waals surface area contributed by atoms with E-state index in [1.165, 1.54) is 7.11 Å². The van der Waals surface area contributed by atoms with Crippen molar-refractivity contribution in [3.8, 4) is 11.5 Å². The standard InChI is InChI=1S/C33H39N7O7/c1-37-19-21(14-26(37)31(42)36-22-15-27(38(2)20-22)33(44)39-9-12-46-13-10-39)35-30(41)7-5-11-47-29-17-25-24(16-28(29)45-3)32(43)40-8-4-6-23(40)18-34-25/h14-20,23H,4-13H2,1-3H3,(H,35,41)(H,36,42)/t23-/m0/s1. The van der Waals surface area contributed by atoms with Crippen LogP contribution in [0.3, 0.4) is 0 Å². The van der Waals surface area contributed by atoms with Crippen LogP contribution in [0, 0.1) is 0 Å². The number of hydrogen-bond acceptors (Lipinski definition) is 8. The third-order valence-corrected chi connectivity index (χ3v) is 8.57. The third kappa shape index (κ3) is 6.87. The van der Waals surface area contributed by atoms with E-state index in [4.69, 9.17) is 14.2 Å². The van der Waals surface area contributed by atoms with E-state index < -0.39 is 0 Å². The van der Waals surface area contributed by atoms with Crippen LogP contribution in [-0.2, 0) is 23.6 Å². The van der Waals surface area contributed by atoms with Gasteiger partial charge < -0.3 is 43.8 Å². The van der Waals surface area contributed by atoms with Gasteiger partial charge in [0.05, 0.1) is 55.6 Å². The zero-order valence-electron chi connectivity index (χ0n) is 26.8. The Morgan fingerprint density at radius 2 is 1.68 bits per heavy atom. The number of methoxy groups -OCH3 is 1. The molecule has 0 bridgehead atoms. The predicted molar refractivity (Wildman–Crippen MR) is 174 cm³/mol. The first-order chi connectivity index (χ1) is 22.7. The van der Waals surface area contributed by atoms with Crippen molar-refractivity contribution in [3.63, 3.8) is 0 Å². The molecule has 3 aliphatic heterocycles. The summed E-state index contributed by atoms with van der Waals surface area (Å²) in [6.45, 7) is 3.01. The van der Waals surface area contributed by atoms with Crippen molar-refractivity contribution in [1.29, 1.82) is 0 Å². The fourth-order valence-electron chi connectivity index (χ4n) is 6.09. The minimum Gasteiger partial charge on any atom is -0.493 e. The van der Waals surface area contributed by atoms with Crippen LogP contribution >= 0.6 is 0 Å². The highest BCUT2D eigenvalue weighted by atomic mass is 16.5. The van der Waals surface area contributed by atoms with Crippen molar-refractivity contribution in [2.24, 2.45) is 19.1 Å². The number of amides is 4. The molecule has 248 valence electrons. The van der Waals surface area contributed by atoms with Gasteiger partial charge in [0.15, 0.2) is 11.5 Å². The van der Waals surface area contributed by atoms with E-state index in [9.17, 15) is 19.2 Å². The van der Waals surface area contributed by atoms with Gasteiger partial charge >= 0.3 is 0 Å². The van der Waals surface area contributed by atoms with E-state index in [0.29, 0.717) is 84.8 Å². The number of rotatable bonds is 10. The number of morpholine rings is 1. The number of ether oxygens (including phenoxy) is 3. The molecule has 14 heteroatoms. The summed E-state index contributed by atoms with van der Waals surface area (Å²) in [5, 5.41) is 5.68. The molecule has 3 aromatic rings. The van der Waals surface area contributed by atoms with Crippen molar-refractivity contribution in [2.75, 3.05) is 57.2 Å². The molecule has 0 spiro atoms. The Hall–Kier alpha value is -5.11. The van der Waals surface area contributed by atoms with Gasteiger partial charge in [0.2, 0.25) is 5.91 Å². The minimum absolute atomic E-state index is 0.00798. The highest BCUT2D eigenvalue weighted by Crippen LogP contribution is 2.38. The lowest BCUT2D eigenvalue weighted by Crippen LogP contribution is -2.41. The minimum atomic E-state index is -0.376. The van der Waals surface area contributed by atoms with Crippen molar-refractivity contribution in [1.82, 2.24) is 18.9 Å². The van der Waals surface area contributed by atoms with Crippen LogP contribution < -0.4 is 20.1 Å². The largest absolute Gasteiger partial charge is 0.493 e. The molecule has 0 aliphatic carbocycles. The van der Waals surface area contributed by atoms with Crippen molar-refractivity contribution >= 4 is 46.9 Å². The summed E-state index contributed by atoms with van der Waals surface area (Å²) < 4.78 is 20.1. The van der Waals surface area contributed by atoms with Crippen molar-refractivity contribution in [2.45, 2.75) is 31.7 Å². The molecule has 1 atom stereocenters. The van der Waals surface area contributed by atoms with Crippen LogP contribution in [0.4, 0.5) is 17.1 Å². The fourth-order valence-corrected chi connectivity index (χ4v) is 6.09. The molecule has 2 fully saturated rings. The first-order valence-corrected chi connectivity index (χ1v) is 15.7. The molecule has 0 saturated carbocycles. The molecule has 47 heavy (non-hydrogen) atoms. The normalized spacial score (nSPS) is 17.2. The number of hydrogen-bond donors (Lipinski definition) is 2. The second kappa shape index (κ2) is 13.7. The molecular weight excluding hydrogens is 606 g/mol. The second-order valence-electron chi connectivity index (χ2n) is 11.8. The third-order valence-electron chi connectivity index (χ3n) is 8.57. The SMILES string of the molecule is COc1cc2c(cc1OCCCC(=O)Nc1cc(C(=O)Nc3cc(C(=O)N4CCOCC4)n(C)c3)n(C)c1)N=C[C@@H]1CCCN1C2=O. The monoisotopic (exact) mass is 645 g/mol. The van der Waals surface area contributed by atoms with Crippen LogP contribution in [0.25, 0.3) is 0 Å². The van der Waals surface area contributed by atoms with Crippen LogP contribution in [-0.4, -0.2) is 101 Å². The average Bonchev–Trinajstić information content (AvgIpc) is 3.77. The molecule has 6 rings (SSSR count). The first kappa shape index (κ1) is 31.9. The van der Waals surface area contributed by atoms with Gasteiger partial charge in [0, 0.05) is 64.8 Å². The smallest absolute Gasteiger partial charge is 0.272 e. The van der Waals surface area contributed by atoms with Crippen molar-refractivity contribution in [3.05, 3.63) is 53.6 Å². The van der Waals surface area contributed by atoms with E-state index in [-0.39, 0.29) is 42.7 Å². The first-order valence-electron chi connectivity index (χ1n) is 15.7. The quantitative estimate of drug-likeness (QED) is 0.322. The number of anilines is 2. The molecule has 1 aromatic carbocycles. The van der Waals surface area contributed by atoms with Gasteiger partial charge in [-0.2, -0.15) is 0 Å². The number of nitrogens with zero attached hydrogens (tertiary/aromatic N) is 5.